The number of rotatable bonds is 3. The van der Waals surface area contributed by atoms with E-state index in [2.05, 4.69) is 0 Å². The monoisotopic (exact) mass is 258 g/mol. The quantitative estimate of drug-likeness (QED) is 0.678. The number of carbonyl (C=O) groups excluding carboxylic acids is 1. The third-order valence-electron chi connectivity index (χ3n) is 3.02. The fourth-order valence-corrected chi connectivity index (χ4v) is 1.92. The Bertz CT molecular complexity index is 625. The zero-order chi connectivity index (χ0) is 14.0. The van der Waals surface area contributed by atoms with Gasteiger partial charge in [-0.3, -0.25) is 4.79 Å². The lowest BCUT2D eigenvalue weighted by molar-refractivity contribution is 0.101. The molecule has 0 spiro atoms. The third kappa shape index (κ3) is 2.57. The van der Waals surface area contributed by atoms with Gasteiger partial charge in [0.1, 0.15) is 5.82 Å². The smallest absolute Gasteiger partial charge is 0.161 e. The van der Waals surface area contributed by atoms with Crippen molar-refractivity contribution in [3.05, 3.63) is 53.8 Å². The molecule has 0 bridgehead atoms. The standard InChI is InChI=1S/C15H15FN2O/c1-10(19)12-9-11(7-8-14(12)17)18(2)15-6-4-3-5-13(15)16/h3-9H,17H2,1-2H3. The van der Waals surface area contributed by atoms with Gasteiger partial charge in [-0.15, -0.1) is 0 Å². The molecular formula is C15H15FN2O. The summed E-state index contributed by atoms with van der Waals surface area (Å²) in [7, 11) is 1.74. The number of carbonyl (C=O) groups is 1. The Morgan fingerprint density at radius 3 is 2.53 bits per heavy atom. The molecular weight excluding hydrogens is 243 g/mol. The molecule has 0 aromatic heterocycles. The lowest BCUT2D eigenvalue weighted by Crippen LogP contribution is -2.12. The Kier molecular flexibility index (Phi) is 3.51. The Hall–Kier alpha value is -2.36. The molecule has 0 saturated carbocycles. The molecule has 0 saturated heterocycles. The van der Waals surface area contributed by atoms with Crippen LogP contribution >= 0.6 is 0 Å². The van der Waals surface area contributed by atoms with Crippen LogP contribution in [-0.2, 0) is 0 Å². The minimum absolute atomic E-state index is 0.110. The highest BCUT2D eigenvalue weighted by molar-refractivity contribution is 6.00. The van der Waals surface area contributed by atoms with Gasteiger partial charge in [0.25, 0.3) is 0 Å². The van der Waals surface area contributed by atoms with Crippen LogP contribution in [0.25, 0.3) is 0 Å². The summed E-state index contributed by atoms with van der Waals surface area (Å²) in [6, 6.07) is 11.6. The molecule has 0 fully saturated rings. The first-order valence-electron chi connectivity index (χ1n) is 5.89. The van der Waals surface area contributed by atoms with Gasteiger partial charge in [0, 0.05) is 24.0 Å². The summed E-state index contributed by atoms with van der Waals surface area (Å²) in [6.45, 7) is 1.46. The van der Waals surface area contributed by atoms with Gasteiger partial charge in [-0.2, -0.15) is 0 Å². The van der Waals surface area contributed by atoms with Crippen molar-refractivity contribution in [1.82, 2.24) is 0 Å². The van der Waals surface area contributed by atoms with Crippen LogP contribution in [0.1, 0.15) is 17.3 Å². The second-order valence-corrected chi connectivity index (χ2v) is 4.34. The van der Waals surface area contributed by atoms with Crippen LogP contribution in [0.15, 0.2) is 42.5 Å². The number of nitrogen functional groups attached to an aromatic ring is 1. The summed E-state index contributed by atoms with van der Waals surface area (Å²) in [5.74, 6) is -0.424. The largest absolute Gasteiger partial charge is 0.398 e. The Balaban J connectivity index is 2.45. The molecule has 19 heavy (non-hydrogen) atoms. The lowest BCUT2D eigenvalue weighted by atomic mass is 10.1. The highest BCUT2D eigenvalue weighted by Gasteiger charge is 2.12. The van der Waals surface area contributed by atoms with Gasteiger partial charge in [-0.05, 0) is 37.3 Å². The Morgan fingerprint density at radius 2 is 1.89 bits per heavy atom. The van der Waals surface area contributed by atoms with E-state index < -0.39 is 0 Å². The van der Waals surface area contributed by atoms with E-state index in [0.717, 1.165) is 0 Å². The highest BCUT2D eigenvalue weighted by atomic mass is 19.1. The molecule has 0 radical (unpaired) electrons. The maximum atomic E-state index is 13.7. The SMILES string of the molecule is CC(=O)c1cc(N(C)c2ccccc2F)ccc1N. The molecule has 4 heteroatoms. The van der Waals surface area contributed by atoms with E-state index >= 15 is 0 Å². The predicted octanol–water partition coefficient (Wildman–Crippen LogP) is 3.38. The molecule has 2 rings (SSSR count). The van der Waals surface area contributed by atoms with E-state index in [-0.39, 0.29) is 11.6 Å². The average Bonchev–Trinajstić information content (AvgIpc) is 2.38. The molecule has 0 unspecified atom stereocenters. The van der Waals surface area contributed by atoms with Crippen molar-refractivity contribution >= 4 is 22.8 Å². The number of Topliss-reactive ketones (excluding diaryl/α,β-unsaturated/α-hetero) is 1. The van der Waals surface area contributed by atoms with E-state index in [4.69, 9.17) is 5.73 Å². The zero-order valence-corrected chi connectivity index (χ0v) is 10.9. The molecule has 98 valence electrons. The van der Waals surface area contributed by atoms with Crippen molar-refractivity contribution in [1.29, 1.82) is 0 Å². The maximum Gasteiger partial charge on any atom is 0.161 e. The van der Waals surface area contributed by atoms with Gasteiger partial charge in [0.15, 0.2) is 5.78 Å². The molecule has 0 aliphatic carbocycles. The molecule has 0 atom stereocenters. The number of nitrogens with zero attached hydrogens (tertiary/aromatic N) is 1. The van der Waals surface area contributed by atoms with Crippen molar-refractivity contribution in [2.75, 3.05) is 17.7 Å². The van der Waals surface area contributed by atoms with Crippen molar-refractivity contribution in [3.8, 4) is 0 Å². The molecule has 2 aromatic carbocycles. The number of para-hydroxylation sites is 1. The van der Waals surface area contributed by atoms with Crippen LogP contribution in [0.5, 0.6) is 0 Å². The lowest BCUT2D eigenvalue weighted by Gasteiger charge is -2.21. The highest BCUT2D eigenvalue weighted by Crippen LogP contribution is 2.28. The maximum absolute atomic E-state index is 13.7. The van der Waals surface area contributed by atoms with Crippen LogP contribution in [0.3, 0.4) is 0 Å². The van der Waals surface area contributed by atoms with Gasteiger partial charge in [-0.1, -0.05) is 12.1 Å². The van der Waals surface area contributed by atoms with E-state index in [9.17, 15) is 9.18 Å². The Morgan fingerprint density at radius 1 is 1.21 bits per heavy atom. The van der Waals surface area contributed by atoms with Crippen LogP contribution in [0.4, 0.5) is 21.5 Å². The molecule has 0 aliphatic heterocycles. The minimum atomic E-state index is -0.314. The van der Waals surface area contributed by atoms with Crippen molar-refractivity contribution in [3.63, 3.8) is 0 Å². The molecule has 2 aromatic rings. The van der Waals surface area contributed by atoms with Gasteiger partial charge in [0.2, 0.25) is 0 Å². The first kappa shape index (κ1) is 13.1. The summed E-state index contributed by atoms with van der Waals surface area (Å²) in [5.41, 5.74) is 7.78. The second-order valence-electron chi connectivity index (χ2n) is 4.34. The van der Waals surface area contributed by atoms with E-state index in [1.165, 1.54) is 13.0 Å². The van der Waals surface area contributed by atoms with Gasteiger partial charge in [0.05, 0.1) is 5.69 Å². The molecule has 0 amide bonds. The average molecular weight is 258 g/mol. The molecule has 2 N–H and O–H groups in total. The van der Waals surface area contributed by atoms with Crippen molar-refractivity contribution in [2.45, 2.75) is 6.92 Å². The number of hydrogen-bond donors (Lipinski definition) is 1. The number of hydrogen-bond acceptors (Lipinski definition) is 3. The number of anilines is 3. The summed E-state index contributed by atoms with van der Waals surface area (Å²) in [5, 5.41) is 0. The summed E-state index contributed by atoms with van der Waals surface area (Å²) >= 11 is 0. The summed E-state index contributed by atoms with van der Waals surface area (Å²) in [4.78, 5) is 13.2. The fourth-order valence-electron chi connectivity index (χ4n) is 1.92. The first-order chi connectivity index (χ1) is 9.00. The second kappa shape index (κ2) is 5.10. The van der Waals surface area contributed by atoms with Crippen LogP contribution < -0.4 is 10.6 Å². The molecule has 0 aliphatic rings. The summed E-state index contributed by atoms with van der Waals surface area (Å²) in [6.07, 6.45) is 0. The summed E-state index contributed by atoms with van der Waals surface area (Å²) < 4.78 is 13.7. The van der Waals surface area contributed by atoms with E-state index in [1.807, 2.05) is 0 Å². The topological polar surface area (TPSA) is 46.3 Å². The number of nitrogens with two attached hydrogens (primary N) is 1. The van der Waals surface area contributed by atoms with Crippen LogP contribution in [0.2, 0.25) is 0 Å². The Labute approximate surface area is 111 Å². The molecule has 3 nitrogen and oxygen atoms in total. The minimum Gasteiger partial charge on any atom is -0.398 e. The van der Waals surface area contributed by atoms with Crippen LogP contribution in [0, 0.1) is 5.82 Å². The normalized spacial score (nSPS) is 10.3. The first-order valence-corrected chi connectivity index (χ1v) is 5.89. The third-order valence-corrected chi connectivity index (χ3v) is 3.02. The van der Waals surface area contributed by atoms with E-state index in [0.29, 0.717) is 22.6 Å². The fraction of sp³-hybridized carbons (Fsp3) is 0.133. The van der Waals surface area contributed by atoms with Gasteiger partial charge in [-0.25, -0.2) is 4.39 Å². The van der Waals surface area contributed by atoms with Gasteiger partial charge >= 0.3 is 0 Å². The van der Waals surface area contributed by atoms with Crippen molar-refractivity contribution < 1.29 is 9.18 Å². The number of benzene rings is 2. The molecule has 0 heterocycles. The van der Waals surface area contributed by atoms with Gasteiger partial charge < -0.3 is 10.6 Å². The number of ketones is 1. The van der Waals surface area contributed by atoms with Crippen LogP contribution in [-0.4, -0.2) is 12.8 Å². The van der Waals surface area contributed by atoms with Crippen molar-refractivity contribution in [2.24, 2.45) is 0 Å². The number of halogens is 1. The zero-order valence-electron chi connectivity index (χ0n) is 10.9. The predicted molar refractivity (Wildman–Crippen MR) is 75.3 cm³/mol. The van der Waals surface area contributed by atoms with E-state index in [1.54, 1.807) is 48.3 Å².